The van der Waals surface area contributed by atoms with Crippen LogP contribution < -0.4 is 11.3 Å². The molecule has 0 fully saturated rings. The SMILES string of the molecule is CCC[C@@H](CO)Cn1cnc2c(=O)[nH]c(N)nc21. The molecule has 0 saturated heterocycles. The fourth-order valence-corrected chi connectivity index (χ4v) is 2.03. The van der Waals surface area contributed by atoms with Gasteiger partial charge in [-0.1, -0.05) is 13.3 Å². The number of anilines is 1. The van der Waals surface area contributed by atoms with Gasteiger partial charge in [0.2, 0.25) is 5.95 Å². The van der Waals surface area contributed by atoms with E-state index in [1.54, 1.807) is 10.9 Å². The molecule has 7 nitrogen and oxygen atoms in total. The van der Waals surface area contributed by atoms with Crippen LogP contribution in [0.3, 0.4) is 0 Å². The Kier molecular flexibility index (Phi) is 3.61. The van der Waals surface area contributed by atoms with Crippen molar-refractivity contribution in [1.82, 2.24) is 19.5 Å². The normalized spacial score (nSPS) is 13.0. The summed E-state index contributed by atoms with van der Waals surface area (Å²) < 4.78 is 1.76. The van der Waals surface area contributed by atoms with Crippen molar-refractivity contribution in [3.63, 3.8) is 0 Å². The molecule has 0 aliphatic rings. The predicted molar refractivity (Wildman–Crippen MR) is 68.0 cm³/mol. The molecule has 2 rings (SSSR count). The number of aromatic amines is 1. The third-order valence-electron chi connectivity index (χ3n) is 2.90. The Morgan fingerprint density at radius 1 is 1.61 bits per heavy atom. The van der Waals surface area contributed by atoms with Crippen molar-refractivity contribution in [2.75, 3.05) is 12.3 Å². The van der Waals surface area contributed by atoms with E-state index in [4.69, 9.17) is 5.73 Å². The van der Waals surface area contributed by atoms with Crippen LogP contribution >= 0.6 is 0 Å². The third-order valence-corrected chi connectivity index (χ3v) is 2.90. The lowest BCUT2D eigenvalue weighted by molar-refractivity contribution is 0.203. The van der Waals surface area contributed by atoms with Crippen molar-refractivity contribution >= 4 is 17.1 Å². The van der Waals surface area contributed by atoms with Crippen LogP contribution in [-0.4, -0.2) is 31.2 Å². The van der Waals surface area contributed by atoms with Gasteiger partial charge in [-0.05, 0) is 6.42 Å². The Hall–Kier alpha value is -1.89. The van der Waals surface area contributed by atoms with Gasteiger partial charge in [0, 0.05) is 19.1 Å². The summed E-state index contributed by atoms with van der Waals surface area (Å²) in [5.41, 5.74) is 5.92. The van der Waals surface area contributed by atoms with Gasteiger partial charge in [-0.25, -0.2) is 4.98 Å². The van der Waals surface area contributed by atoms with E-state index in [-0.39, 0.29) is 29.5 Å². The first-order chi connectivity index (χ1) is 8.65. The monoisotopic (exact) mass is 251 g/mol. The molecule has 0 saturated carbocycles. The lowest BCUT2D eigenvalue weighted by Crippen LogP contribution is -2.16. The van der Waals surface area contributed by atoms with Gasteiger partial charge in [0.05, 0.1) is 6.33 Å². The summed E-state index contributed by atoms with van der Waals surface area (Å²) in [6.45, 7) is 2.75. The molecule has 0 unspecified atom stereocenters. The molecule has 0 aliphatic heterocycles. The molecule has 0 aromatic carbocycles. The molecule has 98 valence electrons. The van der Waals surface area contributed by atoms with Crippen molar-refractivity contribution in [3.05, 3.63) is 16.7 Å². The highest BCUT2D eigenvalue weighted by Crippen LogP contribution is 2.13. The number of hydrogen-bond acceptors (Lipinski definition) is 5. The van der Waals surface area contributed by atoms with Crippen LogP contribution in [-0.2, 0) is 6.54 Å². The molecule has 0 amide bonds. The lowest BCUT2D eigenvalue weighted by atomic mass is 10.1. The number of imidazole rings is 1. The number of rotatable bonds is 5. The molecule has 0 bridgehead atoms. The van der Waals surface area contributed by atoms with Crippen LogP contribution in [0.15, 0.2) is 11.1 Å². The summed E-state index contributed by atoms with van der Waals surface area (Å²) in [7, 11) is 0. The van der Waals surface area contributed by atoms with Crippen LogP contribution in [0, 0.1) is 5.92 Å². The van der Waals surface area contributed by atoms with Crippen molar-refractivity contribution in [2.45, 2.75) is 26.3 Å². The third kappa shape index (κ3) is 2.35. The average Bonchev–Trinajstić information content (AvgIpc) is 2.72. The number of fused-ring (bicyclic) bond motifs is 1. The lowest BCUT2D eigenvalue weighted by Gasteiger charge is -2.13. The highest BCUT2D eigenvalue weighted by Gasteiger charge is 2.13. The number of nitrogens with one attached hydrogen (secondary N) is 1. The van der Waals surface area contributed by atoms with Gasteiger partial charge < -0.3 is 15.4 Å². The zero-order valence-corrected chi connectivity index (χ0v) is 10.3. The Labute approximate surface area is 104 Å². The Morgan fingerprint density at radius 2 is 2.39 bits per heavy atom. The molecule has 0 aliphatic carbocycles. The van der Waals surface area contributed by atoms with Gasteiger partial charge in [-0.3, -0.25) is 9.78 Å². The zero-order chi connectivity index (χ0) is 13.1. The summed E-state index contributed by atoms with van der Waals surface area (Å²) in [4.78, 5) is 22.1. The number of aromatic nitrogens is 4. The summed E-state index contributed by atoms with van der Waals surface area (Å²) in [5, 5.41) is 9.29. The van der Waals surface area contributed by atoms with Gasteiger partial charge in [0.15, 0.2) is 11.2 Å². The predicted octanol–water partition coefficient (Wildman–Crippen LogP) is 0.110. The van der Waals surface area contributed by atoms with E-state index in [0.717, 1.165) is 12.8 Å². The first-order valence-electron chi connectivity index (χ1n) is 5.97. The summed E-state index contributed by atoms with van der Waals surface area (Å²) in [6.07, 6.45) is 3.47. The van der Waals surface area contributed by atoms with E-state index in [9.17, 15) is 9.90 Å². The van der Waals surface area contributed by atoms with E-state index in [1.807, 2.05) is 0 Å². The second-order valence-electron chi connectivity index (χ2n) is 4.36. The number of nitrogens with two attached hydrogens (primary N) is 1. The van der Waals surface area contributed by atoms with E-state index in [2.05, 4.69) is 21.9 Å². The quantitative estimate of drug-likeness (QED) is 0.698. The molecule has 18 heavy (non-hydrogen) atoms. The Bertz CT molecular complexity index is 589. The van der Waals surface area contributed by atoms with Crippen LogP contribution in [0.1, 0.15) is 19.8 Å². The fourth-order valence-electron chi connectivity index (χ4n) is 2.03. The van der Waals surface area contributed by atoms with Gasteiger partial charge >= 0.3 is 0 Å². The minimum absolute atomic E-state index is 0.0743. The summed E-state index contributed by atoms with van der Waals surface area (Å²) >= 11 is 0. The molecule has 7 heteroatoms. The number of aliphatic hydroxyl groups is 1. The van der Waals surface area contributed by atoms with Crippen LogP contribution in [0.25, 0.3) is 11.2 Å². The molecule has 2 heterocycles. The zero-order valence-electron chi connectivity index (χ0n) is 10.3. The highest BCUT2D eigenvalue weighted by atomic mass is 16.3. The van der Waals surface area contributed by atoms with E-state index < -0.39 is 0 Å². The number of nitrogen functional groups attached to an aromatic ring is 1. The van der Waals surface area contributed by atoms with Gasteiger partial charge in [0.25, 0.3) is 5.56 Å². The number of hydrogen-bond donors (Lipinski definition) is 3. The minimum Gasteiger partial charge on any atom is -0.396 e. The molecule has 1 atom stereocenters. The molecule has 4 N–H and O–H groups in total. The summed E-state index contributed by atoms with van der Waals surface area (Å²) in [5.74, 6) is 0.208. The van der Waals surface area contributed by atoms with Gasteiger partial charge in [-0.2, -0.15) is 4.98 Å². The Morgan fingerprint density at radius 3 is 3.06 bits per heavy atom. The van der Waals surface area contributed by atoms with Gasteiger partial charge in [-0.15, -0.1) is 0 Å². The van der Waals surface area contributed by atoms with Crippen molar-refractivity contribution in [1.29, 1.82) is 0 Å². The first-order valence-corrected chi connectivity index (χ1v) is 5.97. The first kappa shape index (κ1) is 12.6. The average molecular weight is 251 g/mol. The van der Waals surface area contributed by atoms with E-state index >= 15 is 0 Å². The maximum absolute atomic E-state index is 11.6. The molecule has 2 aromatic heterocycles. The number of nitrogens with zero attached hydrogens (tertiary/aromatic N) is 3. The van der Waals surface area contributed by atoms with Crippen LogP contribution in [0.2, 0.25) is 0 Å². The maximum atomic E-state index is 11.6. The van der Waals surface area contributed by atoms with Gasteiger partial charge in [0.1, 0.15) is 0 Å². The highest BCUT2D eigenvalue weighted by molar-refractivity contribution is 5.70. The Balaban J connectivity index is 2.37. The number of aliphatic hydroxyl groups excluding tert-OH is 1. The second kappa shape index (κ2) is 5.18. The minimum atomic E-state index is -0.340. The topological polar surface area (TPSA) is 110 Å². The smallest absolute Gasteiger partial charge is 0.280 e. The number of H-pyrrole nitrogens is 1. The molecular formula is C11H17N5O2. The van der Waals surface area contributed by atoms with E-state index in [0.29, 0.717) is 12.2 Å². The largest absolute Gasteiger partial charge is 0.396 e. The van der Waals surface area contributed by atoms with Crippen LogP contribution in [0.4, 0.5) is 5.95 Å². The summed E-state index contributed by atoms with van der Waals surface area (Å²) in [6, 6.07) is 0. The fraction of sp³-hybridized carbons (Fsp3) is 0.545. The van der Waals surface area contributed by atoms with Crippen molar-refractivity contribution in [2.24, 2.45) is 5.92 Å². The molecule has 0 spiro atoms. The van der Waals surface area contributed by atoms with Crippen LogP contribution in [0.5, 0.6) is 0 Å². The van der Waals surface area contributed by atoms with Crippen molar-refractivity contribution in [3.8, 4) is 0 Å². The molecule has 2 aromatic rings. The maximum Gasteiger partial charge on any atom is 0.280 e. The molecular weight excluding hydrogens is 234 g/mol. The molecule has 0 radical (unpaired) electrons. The second-order valence-corrected chi connectivity index (χ2v) is 4.36. The van der Waals surface area contributed by atoms with E-state index in [1.165, 1.54) is 0 Å². The standard InChI is InChI=1S/C11H17N5O2/c1-2-3-7(5-17)4-16-6-13-8-9(16)14-11(12)15-10(8)18/h6-7,17H,2-5H2,1H3,(H3,12,14,15,18)/t7-/m1/s1. The van der Waals surface area contributed by atoms with Crippen molar-refractivity contribution < 1.29 is 5.11 Å².